The number of carbonyl (C=O) groups is 1. The van der Waals surface area contributed by atoms with Gasteiger partial charge in [-0.2, -0.15) is 0 Å². The second-order valence-corrected chi connectivity index (χ2v) is 10.4. The number of hydrogen-bond donors (Lipinski definition) is 0. The molecule has 0 unspecified atom stereocenters. The fourth-order valence-electron chi connectivity index (χ4n) is 4.16. The van der Waals surface area contributed by atoms with Crippen molar-refractivity contribution in [1.29, 1.82) is 0 Å². The summed E-state index contributed by atoms with van der Waals surface area (Å²) in [5, 5.41) is 2.16. The Morgan fingerprint density at radius 3 is 2.55 bits per heavy atom. The second-order valence-electron chi connectivity index (χ2n) is 8.20. The molecule has 162 valence electrons. The first-order valence-electron chi connectivity index (χ1n) is 10.5. The number of hydrogen-bond acceptors (Lipinski definition) is 4. The Morgan fingerprint density at radius 1 is 1.03 bits per heavy atom. The van der Waals surface area contributed by atoms with Crippen molar-refractivity contribution >= 4 is 26.5 Å². The zero-order valence-electron chi connectivity index (χ0n) is 17.9. The van der Waals surface area contributed by atoms with E-state index in [0.29, 0.717) is 18.7 Å². The average molecular weight is 438 g/mol. The number of sulfone groups is 1. The predicted octanol–water partition coefficient (Wildman–Crippen LogP) is 4.05. The smallest absolute Gasteiger partial charge is 0.261 e. The van der Waals surface area contributed by atoms with Crippen LogP contribution < -0.4 is 4.74 Å². The molecule has 1 aliphatic heterocycles. The molecule has 3 aromatic rings. The summed E-state index contributed by atoms with van der Waals surface area (Å²) in [4.78, 5) is 14.9. The fraction of sp³-hybridized carbons (Fsp3) is 0.320. The molecular formula is C25H27NO4S. The largest absolute Gasteiger partial charge is 0.483 e. The highest BCUT2D eigenvalue weighted by Gasteiger charge is 2.35. The van der Waals surface area contributed by atoms with Crippen molar-refractivity contribution in [3.05, 3.63) is 77.4 Å². The molecule has 31 heavy (non-hydrogen) atoms. The number of benzene rings is 3. The van der Waals surface area contributed by atoms with Gasteiger partial charge in [-0.05, 0) is 53.8 Å². The zero-order chi connectivity index (χ0) is 22.0. The minimum absolute atomic E-state index is 0.00692. The van der Waals surface area contributed by atoms with Crippen LogP contribution in [0.25, 0.3) is 10.8 Å². The van der Waals surface area contributed by atoms with Crippen molar-refractivity contribution in [3.63, 3.8) is 0 Å². The number of amides is 1. The molecule has 1 saturated heterocycles. The maximum Gasteiger partial charge on any atom is 0.261 e. The monoisotopic (exact) mass is 437 g/mol. The molecule has 6 heteroatoms. The van der Waals surface area contributed by atoms with Gasteiger partial charge in [-0.15, -0.1) is 0 Å². The molecule has 1 aliphatic rings. The van der Waals surface area contributed by atoms with Crippen LogP contribution in [-0.2, 0) is 21.2 Å². The van der Waals surface area contributed by atoms with Gasteiger partial charge in [0, 0.05) is 12.6 Å². The Morgan fingerprint density at radius 2 is 1.77 bits per heavy atom. The quantitative estimate of drug-likeness (QED) is 0.584. The normalized spacial score (nSPS) is 17.5. The molecule has 5 nitrogen and oxygen atoms in total. The van der Waals surface area contributed by atoms with Gasteiger partial charge in [0.1, 0.15) is 5.75 Å². The van der Waals surface area contributed by atoms with Crippen molar-refractivity contribution in [3.8, 4) is 5.75 Å². The van der Waals surface area contributed by atoms with Gasteiger partial charge < -0.3 is 9.64 Å². The van der Waals surface area contributed by atoms with E-state index in [0.717, 1.165) is 27.5 Å². The van der Waals surface area contributed by atoms with E-state index in [1.165, 1.54) is 0 Å². The van der Waals surface area contributed by atoms with Crippen molar-refractivity contribution < 1.29 is 17.9 Å². The summed E-state index contributed by atoms with van der Waals surface area (Å²) < 4.78 is 30.1. The van der Waals surface area contributed by atoms with E-state index in [1.807, 2.05) is 74.5 Å². The van der Waals surface area contributed by atoms with Gasteiger partial charge >= 0.3 is 0 Å². The van der Waals surface area contributed by atoms with Gasteiger partial charge in [-0.3, -0.25) is 4.79 Å². The van der Waals surface area contributed by atoms with E-state index < -0.39 is 9.84 Å². The summed E-state index contributed by atoms with van der Waals surface area (Å²) >= 11 is 0. The van der Waals surface area contributed by atoms with Crippen molar-refractivity contribution in [2.75, 3.05) is 18.1 Å². The molecule has 1 atom stereocenters. The van der Waals surface area contributed by atoms with Gasteiger partial charge in [0.2, 0.25) is 0 Å². The first-order valence-corrected chi connectivity index (χ1v) is 12.3. The third kappa shape index (κ3) is 4.74. The molecule has 1 heterocycles. The number of aryl methyl sites for hydroxylation is 1. The van der Waals surface area contributed by atoms with E-state index in [-0.39, 0.29) is 30.1 Å². The highest BCUT2D eigenvalue weighted by Crippen LogP contribution is 2.25. The molecule has 1 amide bonds. The van der Waals surface area contributed by atoms with Crippen molar-refractivity contribution in [1.82, 2.24) is 4.90 Å². The van der Waals surface area contributed by atoms with Crippen molar-refractivity contribution in [2.45, 2.75) is 32.9 Å². The zero-order valence-corrected chi connectivity index (χ0v) is 18.7. The Bertz CT molecular complexity index is 1210. The van der Waals surface area contributed by atoms with E-state index in [1.54, 1.807) is 4.90 Å². The fourth-order valence-corrected chi connectivity index (χ4v) is 5.89. The van der Waals surface area contributed by atoms with Crippen LogP contribution in [-0.4, -0.2) is 43.4 Å². The summed E-state index contributed by atoms with van der Waals surface area (Å²) in [5.41, 5.74) is 3.10. The van der Waals surface area contributed by atoms with Crippen LogP contribution in [0.3, 0.4) is 0 Å². The lowest BCUT2D eigenvalue weighted by Gasteiger charge is -2.29. The number of nitrogens with zero attached hydrogens (tertiary/aromatic N) is 1. The van der Waals surface area contributed by atoms with Crippen molar-refractivity contribution in [2.24, 2.45) is 0 Å². The Balaban J connectivity index is 1.59. The first kappa shape index (κ1) is 21.4. The van der Waals surface area contributed by atoms with E-state index >= 15 is 0 Å². The lowest BCUT2D eigenvalue weighted by atomic mass is 10.0. The third-order valence-corrected chi connectivity index (χ3v) is 7.85. The number of rotatable bonds is 6. The standard InChI is InChI=1S/C25H27NO4S/c1-18-7-5-12-24(19(18)2)30-16-25(27)26(22-13-14-31(28,29)17-22)15-21-10-6-9-20-8-3-4-11-23(20)21/h3-12,22H,13-17H2,1-2H3/t22-/m1/s1. The van der Waals surface area contributed by atoms with Gasteiger partial charge in [0.15, 0.2) is 16.4 Å². The van der Waals surface area contributed by atoms with Crippen LogP contribution in [0.5, 0.6) is 5.75 Å². The van der Waals surface area contributed by atoms with Gasteiger partial charge in [0.05, 0.1) is 11.5 Å². The van der Waals surface area contributed by atoms with Crippen LogP contribution in [0.15, 0.2) is 60.7 Å². The highest BCUT2D eigenvalue weighted by atomic mass is 32.2. The number of fused-ring (bicyclic) bond motifs is 1. The van der Waals surface area contributed by atoms with Crippen LogP contribution in [0, 0.1) is 13.8 Å². The minimum atomic E-state index is -3.12. The predicted molar refractivity (Wildman–Crippen MR) is 123 cm³/mol. The Hall–Kier alpha value is -2.86. The molecule has 0 saturated carbocycles. The molecule has 0 aromatic heterocycles. The first-order chi connectivity index (χ1) is 14.8. The molecule has 0 aliphatic carbocycles. The lowest BCUT2D eigenvalue weighted by Crippen LogP contribution is -2.43. The highest BCUT2D eigenvalue weighted by molar-refractivity contribution is 7.91. The molecule has 0 N–H and O–H groups in total. The van der Waals surface area contributed by atoms with Gasteiger partial charge in [-0.1, -0.05) is 54.6 Å². The summed E-state index contributed by atoms with van der Waals surface area (Å²) in [6.45, 7) is 4.20. The summed E-state index contributed by atoms with van der Waals surface area (Å²) in [5.74, 6) is 0.607. The molecular weight excluding hydrogens is 410 g/mol. The van der Waals surface area contributed by atoms with Gasteiger partial charge in [-0.25, -0.2) is 8.42 Å². The summed E-state index contributed by atoms with van der Waals surface area (Å²) in [6.07, 6.45) is 0.461. The Labute approximate surface area is 183 Å². The topological polar surface area (TPSA) is 63.7 Å². The molecule has 1 fully saturated rings. The van der Waals surface area contributed by atoms with Crippen LogP contribution in [0.1, 0.15) is 23.1 Å². The molecule has 0 spiro atoms. The number of carbonyl (C=O) groups excluding carboxylic acids is 1. The maximum absolute atomic E-state index is 13.3. The minimum Gasteiger partial charge on any atom is -0.483 e. The summed E-state index contributed by atoms with van der Waals surface area (Å²) in [7, 11) is -3.12. The van der Waals surface area contributed by atoms with Crippen LogP contribution >= 0.6 is 0 Å². The lowest BCUT2D eigenvalue weighted by molar-refractivity contribution is -0.136. The van der Waals surface area contributed by atoms with E-state index in [9.17, 15) is 13.2 Å². The van der Waals surface area contributed by atoms with E-state index in [4.69, 9.17) is 4.74 Å². The molecule has 0 bridgehead atoms. The van der Waals surface area contributed by atoms with Crippen LogP contribution in [0.4, 0.5) is 0 Å². The second kappa shape index (κ2) is 8.71. The maximum atomic E-state index is 13.3. The number of ether oxygens (including phenoxy) is 1. The molecule has 3 aromatic carbocycles. The van der Waals surface area contributed by atoms with E-state index in [2.05, 4.69) is 0 Å². The van der Waals surface area contributed by atoms with Gasteiger partial charge in [0.25, 0.3) is 5.91 Å². The molecule has 4 rings (SSSR count). The molecule has 0 radical (unpaired) electrons. The summed E-state index contributed by atoms with van der Waals surface area (Å²) in [6, 6.07) is 19.5. The third-order valence-electron chi connectivity index (χ3n) is 6.10. The average Bonchev–Trinajstić information content (AvgIpc) is 3.12. The Kier molecular flexibility index (Phi) is 6.01. The SMILES string of the molecule is Cc1cccc(OCC(=O)N(Cc2cccc3ccccc23)[C@@H]2CCS(=O)(=O)C2)c1C. The van der Waals surface area contributed by atoms with Crippen LogP contribution in [0.2, 0.25) is 0 Å².